The highest BCUT2D eigenvalue weighted by Crippen LogP contribution is 2.45. The summed E-state index contributed by atoms with van der Waals surface area (Å²) in [4.78, 5) is 24.5. The van der Waals surface area contributed by atoms with Crippen molar-refractivity contribution in [3.63, 3.8) is 0 Å². The number of esters is 1. The molecule has 1 saturated carbocycles. The Morgan fingerprint density at radius 3 is 2.32 bits per heavy atom. The summed E-state index contributed by atoms with van der Waals surface area (Å²) >= 11 is 5.92. The summed E-state index contributed by atoms with van der Waals surface area (Å²) in [5, 5.41) is 3.39. The SMILES string of the molecule is O=C(COC(=O)C1(c2ccc(Cl)cc2)CCC1)NCc1ccccc1. The summed E-state index contributed by atoms with van der Waals surface area (Å²) in [7, 11) is 0. The van der Waals surface area contributed by atoms with Gasteiger partial charge in [0.1, 0.15) is 0 Å². The lowest BCUT2D eigenvalue weighted by molar-refractivity contribution is -0.157. The van der Waals surface area contributed by atoms with Gasteiger partial charge >= 0.3 is 5.97 Å². The van der Waals surface area contributed by atoms with Gasteiger partial charge in [0, 0.05) is 11.6 Å². The Kier molecular flexibility index (Phi) is 5.39. The molecule has 2 aromatic carbocycles. The number of hydrogen-bond acceptors (Lipinski definition) is 3. The van der Waals surface area contributed by atoms with E-state index in [2.05, 4.69) is 5.32 Å². The second-order valence-electron chi connectivity index (χ2n) is 6.28. The van der Waals surface area contributed by atoms with Gasteiger partial charge < -0.3 is 10.1 Å². The molecule has 1 N–H and O–H groups in total. The zero-order chi connectivity index (χ0) is 17.7. The van der Waals surface area contributed by atoms with Crippen molar-refractivity contribution in [1.29, 1.82) is 0 Å². The molecule has 1 aliphatic carbocycles. The molecule has 0 aromatic heterocycles. The first kappa shape index (κ1) is 17.5. The average Bonchev–Trinajstić information content (AvgIpc) is 2.59. The van der Waals surface area contributed by atoms with E-state index in [4.69, 9.17) is 16.3 Å². The van der Waals surface area contributed by atoms with Crippen molar-refractivity contribution >= 4 is 23.5 Å². The number of carbonyl (C=O) groups is 2. The molecule has 1 aliphatic rings. The summed E-state index contributed by atoms with van der Waals surface area (Å²) in [6, 6.07) is 16.9. The monoisotopic (exact) mass is 357 g/mol. The summed E-state index contributed by atoms with van der Waals surface area (Å²) in [5.74, 6) is -0.640. The van der Waals surface area contributed by atoms with Crippen LogP contribution in [0.2, 0.25) is 5.02 Å². The van der Waals surface area contributed by atoms with E-state index in [1.807, 2.05) is 42.5 Å². The van der Waals surface area contributed by atoms with Crippen molar-refractivity contribution in [3.05, 3.63) is 70.7 Å². The molecular weight excluding hydrogens is 338 g/mol. The molecule has 0 saturated heterocycles. The van der Waals surface area contributed by atoms with Gasteiger partial charge in [-0.2, -0.15) is 0 Å². The molecule has 25 heavy (non-hydrogen) atoms. The van der Waals surface area contributed by atoms with E-state index in [0.29, 0.717) is 11.6 Å². The maximum Gasteiger partial charge on any atom is 0.317 e. The lowest BCUT2D eigenvalue weighted by Crippen LogP contribution is -2.44. The fourth-order valence-electron chi connectivity index (χ4n) is 3.03. The highest BCUT2D eigenvalue weighted by Gasteiger charge is 2.47. The van der Waals surface area contributed by atoms with Crippen LogP contribution in [0.15, 0.2) is 54.6 Å². The van der Waals surface area contributed by atoms with Crippen LogP contribution >= 0.6 is 11.6 Å². The van der Waals surface area contributed by atoms with Crippen molar-refractivity contribution in [3.8, 4) is 0 Å². The van der Waals surface area contributed by atoms with Crippen LogP contribution < -0.4 is 5.32 Å². The second kappa shape index (κ2) is 7.70. The lowest BCUT2D eigenvalue weighted by atomic mass is 9.64. The van der Waals surface area contributed by atoms with Gasteiger partial charge in [-0.05, 0) is 36.1 Å². The predicted molar refractivity (Wildman–Crippen MR) is 96.2 cm³/mol. The number of nitrogens with one attached hydrogen (secondary N) is 1. The number of hydrogen-bond donors (Lipinski definition) is 1. The minimum absolute atomic E-state index is 0.263. The molecule has 0 atom stereocenters. The molecule has 0 unspecified atom stereocenters. The highest BCUT2D eigenvalue weighted by molar-refractivity contribution is 6.30. The zero-order valence-corrected chi connectivity index (χ0v) is 14.6. The topological polar surface area (TPSA) is 55.4 Å². The molecule has 4 nitrogen and oxygen atoms in total. The van der Waals surface area contributed by atoms with Gasteiger partial charge in [0.2, 0.25) is 0 Å². The zero-order valence-electron chi connectivity index (χ0n) is 13.8. The molecule has 0 heterocycles. The normalized spacial score (nSPS) is 15.1. The molecule has 0 spiro atoms. The molecule has 0 aliphatic heterocycles. The van der Waals surface area contributed by atoms with Gasteiger partial charge in [-0.25, -0.2) is 0 Å². The summed E-state index contributed by atoms with van der Waals surface area (Å²) in [6.45, 7) is 0.153. The van der Waals surface area contributed by atoms with Crippen LogP contribution in [-0.2, 0) is 26.3 Å². The van der Waals surface area contributed by atoms with Crippen LogP contribution in [-0.4, -0.2) is 18.5 Å². The third-order valence-corrected chi connectivity index (χ3v) is 4.91. The van der Waals surface area contributed by atoms with Crippen LogP contribution in [0.3, 0.4) is 0 Å². The number of amides is 1. The van der Waals surface area contributed by atoms with Crippen LogP contribution in [0, 0.1) is 0 Å². The largest absolute Gasteiger partial charge is 0.455 e. The van der Waals surface area contributed by atoms with Gasteiger partial charge in [-0.15, -0.1) is 0 Å². The number of halogens is 1. The molecule has 2 aromatic rings. The Labute approximate surface area is 152 Å². The third-order valence-electron chi connectivity index (χ3n) is 4.66. The van der Waals surface area contributed by atoms with Gasteiger partial charge in [0.25, 0.3) is 5.91 Å². The predicted octanol–water partition coefficient (Wildman–Crippen LogP) is 3.62. The molecule has 3 rings (SSSR count). The molecule has 130 valence electrons. The summed E-state index contributed by atoms with van der Waals surface area (Å²) < 4.78 is 5.30. The van der Waals surface area contributed by atoms with Gasteiger partial charge in [-0.3, -0.25) is 9.59 Å². The van der Waals surface area contributed by atoms with E-state index in [1.165, 1.54) is 0 Å². The Balaban J connectivity index is 1.54. The maximum atomic E-state index is 12.6. The van der Waals surface area contributed by atoms with E-state index in [-0.39, 0.29) is 18.5 Å². The van der Waals surface area contributed by atoms with E-state index in [0.717, 1.165) is 30.4 Å². The summed E-state index contributed by atoms with van der Waals surface area (Å²) in [6.07, 6.45) is 2.44. The van der Waals surface area contributed by atoms with Crippen molar-refractivity contribution < 1.29 is 14.3 Å². The van der Waals surface area contributed by atoms with Crippen LogP contribution in [0.4, 0.5) is 0 Å². The first-order valence-electron chi connectivity index (χ1n) is 8.34. The van der Waals surface area contributed by atoms with Crippen molar-refractivity contribution in [2.75, 3.05) is 6.61 Å². The van der Waals surface area contributed by atoms with E-state index < -0.39 is 5.41 Å². The quantitative estimate of drug-likeness (QED) is 0.803. The standard InChI is InChI=1S/C20H20ClNO3/c21-17-9-7-16(8-10-17)20(11-4-12-20)19(24)25-14-18(23)22-13-15-5-2-1-3-6-15/h1-3,5-10H,4,11-14H2,(H,22,23). The van der Waals surface area contributed by atoms with Gasteiger partial charge in [0.15, 0.2) is 6.61 Å². The Morgan fingerprint density at radius 2 is 1.72 bits per heavy atom. The number of ether oxygens (including phenoxy) is 1. The molecule has 1 fully saturated rings. The van der Waals surface area contributed by atoms with Gasteiger partial charge in [-0.1, -0.05) is 60.5 Å². The average molecular weight is 358 g/mol. The molecule has 5 heteroatoms. The Hall–Kier alpha value is -2.33. The smallest absolute Gasteiger partial charge is 0.317 e. The van der Waals surface area contributed by atoms with E-state index >= 15 is 0 Å². The van der Waals surface area contributed by atoms with Gasteiger partial charge in [0.05, 0.1) is 5.41 Å². The van der Waals surface area contributed by atoms with Crippen molar-refractivity contribution in [2.45, 2.75) is 31.2 Å². The highest BCUT2D eigenvalue weighted by atomic mass is 35.5. The molecular formula is C20H20ClNO3. The number of benzene rings is 2. The molecule has 1 amide bonds. The Morgan fingerprint density at radius 1 is 1.04 bits per heavy atom. The van der Waals surface area contributed by atoms with Crippen LogP contribution in [0.25, 0.3) is 0 Å². The number of carbonyl (C=O) groups excluding carboxylic acids is 2. The first-order valence-corrected chi connectivity index (χ1v) is 8.72. The molecule has 0 radical (unpaired) electrons. The lowest BCUT2D eigenvalue weighted by Gasteiger charge is -2.39. The molecule has 0 bridgehead atoms. The second-order valence-corrected chi connectivity index (χ2v) is 6.72. The van der Waals surface area contributed by atoms with E-state index in [1.54, 1.807) is 12.1 Å². The fraction of sp³-hybridized carbons (Fsp3) is 0.300. The van der Waals surface area contributed by atoms with Crippen molar-refractivity contribution in [1.82, 2.24) is 5.32 Å². The van der Waals surface area contributed by atoms with E-state index in [9.17, 15) is 9.59 Å². The van der Waals surface area contributed by atoms with Crippen LogP contribution in [0.5, 0.6) is 0 Å². The minimum Gasteiger partial charge on any atom is -0.455 e. The summed E-state index contributed by atoms with van der Waals surface area (Å²) in [5.41, 5.74) is 1.27. The maximum absolute atomic E-state index is 12.6. The fourth-order valence-corrected chi connectivity index (χ4v) is 3.15. The Bertz CT molecular complexity index is 739. The number of rotatable bonds is 6. The first-order chi connectivity index (χ1) is 12.1. The third kappa shape index (κ3) is 4.02. The minimum atomic E-state index is -0.635. The van der Waals surface area contributed by atoms with Crippen molar-refractivity contribution in [2.24, 2.45) is 0 Å². The van der Waals surface area contributed by atoms with Crippen LogP contribution in [0.1, 0.15) is 30.4 Å².